The minimum absolute atomic E-state index is 0.142. The van der Waals surface area contributed by atoms with Crippen LogP contribution in [0, 0.1) is 5.92 Å². The zero-order chi connectivity index (χ0) is 14.8. The first-order valence-corrected chi connectivity index (χ1v) is 7.77. The molecular formula is C14H16BrClF3N. The van der Waals surface area contributed by atoms with Crippen LogP contribution in [0.25, 0.3) is 0 Å². The molecule has 112 valence electrons. The molecule has 1 aromatic carbocycles. The zero-order valence-corrected chi connectivity index (χ0v) is 13.2. The summed E-state index contributed by atoms with van der Waals surface area (Å²) in [6.45, 7) is 0.583. The van der Waals surface area contributed by atoms with E-state index in [0.717, 1.165) is 10.0 Å². The van der Waals surface area contributed by atoms with Crippen LogP contribution < -0.4 is 5.32 Å². The Labute approximate surface area is 130 Å². The summed E-state index contributed by atoms with van der Waals surface area (Å²) in [5.41, 5.74) is 0.957. The van der Waals surface area contributed by atoms with Gasteiger partial charge in [-0.05, 0) is 49.4 Å². The van der Waals surface area contributed by atoms with Crippen molar-refractivity contribution in [2.45, 2.75) is 44.4 Å². The van der Waals surface area contributed by atoms with Crippen LogP contribution in [-0.2, 0) is 6.54 Å². The number of nitrogens with one attached hydrogen (secondary N) is 1. The molecule has 1 aliphatic carbocycles. The fourth-order valence-electron chi connectivity index (χ4n) is 2.56. The van der Waals surface area contributed by atoms with Gasteiger partial charge in [0.2, 0.25) is 0 Å². The summed E-state index contributed by atoms with van der Waals surface area (Å²) in [7, 11) is 0. The highest BCUT2D eigenvalue weighted by atomic mass is 79.9. The number of benzene rings is 1. The second-order valence-electron chi connectivity index (χ2n) is 5.21. The molecule has 1 nitrogen and oxygen atoms in total. The molecule has 1 aromatic rings. The van der Waals surface area contributed by atoms with Crippen molar-refractivity contribution in [1.82, 2.24) is 5.32 Å². The van der Waals surface area contributed by atoms with E-state index in [4.69, 9.17) is 11.6 Å². The van der Waals surface area contributed by atoms with Crippen molar-refractivity contribution in [3.63, 3.8) is 0 Å². The van der Waals surface area contributed by atoms with Crippen LogP contribution in [0.5, 0.6) is 0 Å². The molecule has 0 atom stereocenters. The largest absolute Gasteiger partial charge is 0.391 e. The van der Waals surface area contributed by atoms with Crippen LogP contribution in [0.3, 0.4) is 0 Å². The van der Waals surface area contributed by atoms with E-state index in [1.54, 1.807) is 0 Å². The van der Waals surface area contributed by atoms with E-state index in [2.05, 4.69) is 21.2 Å². The molecule has 1 saturated carbocycles. The molecule has 1 fully saturated rings. The SMILES string of the molecule is FC(F)(F)C1CCC(NCc2cc(Br)ccc2Cl)CC1. The third kappa shape index (κ3) is 4.37. The quantitative estimate of drug-likeness (QED) is 0.760. The molecule has 20 heavy (non-hydrogen) atoms. The van der Waals surface area contributed by atoms with Gasteiger partial charge in [0, 0.05) is 22.1 Å². The highest BCUT2D eigenvalue weighted by Crippen LogP contribution is 2.37. The van der Waals surface area contributed by atoms with Crippen molar-refractivity contribution in [1.29, 1.82) is 0 Å². The molecule has 1 N–H and O–H groups in total. The van der Waals surface area contributed by atoms with Crippen molar-refractivity contribution < 1.29 is 13.2 Å². The molecule has 0 heterocycles. The first kappa shape index (κ1) is 16.1. The second-order valence-corrected chi connectivity index (χ2v) is 6.53. The van der Waals surface area contributed by atoms with Gasteiger partial charge in [0.1, 0.15) is 0 Å². The summed E-state index contributed by atoms with van der Waals surface area (Å²) in [5.74, 6) is -1.13. The van der Waals surface area contributed by atoms with Crippen molar-refractivity contribution in [3.05, 3.63) is 33.3 Å². The van der Waals surface area contributed by atoms with Gasteiger partial charge in [0.05, 0.1) is 5.92 Å². The second kappa shape index (κ2) is 6.67. The molecule has 0 amide bonds. The molecule has 0 spiro atoms. The van der Waals surface area contributed by atoms with Gasteiger partial charge in [-0.2, -0.15) is 13.2 Å². The van der Waals surface area contributed by atoms with Crippen LogP contribution in [0.1, 0.15) is 31.2 Å². The Balaban J connectivity index is 1.83. The van der Waals surface area contributed by atoms with Gasteiger partial charge < -0.3 is 5.32 Å². The number of rotatable bonds is 3. The topological polar surface area (TPSA) is 12.0 Å². The predicted octanol–water partition coefficient (Wildman–Crippen LogP) is 5.31. The first-order valence-electron chi connectivity index (χ1n) is 6.60. The lowest BCUT2D eigenvalue weighted by atomic mass is 9.85. The van der Waals surface area contributed by atoms with Gasteiger partial charge in [-0.1, -0.05) is 27.5 Å². The average molecular weight is 371 g/mol. The number of hydrogen-bond acceptors (Lipinski definition) is 1. The van der Waals surface area contributed by atoms with Crippen LogP contribution in [-0.4, -0.2) is 12.2 Å². The Morgan fingerprint density at radius 2 is 1.85 bits per heavy atom. The molecule has 0 aliphatic heterocycles. The molecule has 1 aliphatic rings. The number of alkyl halides is 3. The first-order chi connectivity index (χ1) is 9.36. The number of halogens is 5. The predicted molar refractivity (Wildman–Crippen MR) is 77.8 cm³/mol. The Morgan fingerprint density at radius 1 is 1.20 bits per heavy atom. The fraction of sp³-hybridized carbons (Fsp3) is 0.571. The fourth-order valence-corrected chi connectivity index (χ4v) is 3.15. The maximum Gasteiger partial charge on any atom is 0.391 e. The van der Waals surface area contributed by atoms with Gasteiger partial charge in [-0.25, -0.2) is 0 Å². The summed E-state index contributed by atoms with van der Waals surface area (Å²) in [6.07, 6.45) is -2.48. The maximum atomic E-state index is 12.6. The Bertz CT molecular complexity index is 456. The van der Waals surface area contributed by atoms with Crippen LogP contribution in [0.4, 0.5) is 13.2 Å². The third-order valence-corrected chi connectivity index (χ3v) is 4.64. The summed E-state index contributed by atoms with van der Waals surface area (Å²) >= 11 is 9.47. The van der Waals surface area contributed by atoms with Crippen LogP contribution >= 0.6 is 27.5 Å². The highest BCUT2D eigenvalue weighted by Gasteiger charge is 2.41. The van der Waals surface area contributed by atoms with E-state index in [0.29, 0.717) is 24.4 Å². The minimum Gasteiger partial charge on any atom is -0.310 e. The standard InChI is InChI=1S/C14H16BrClF3N/c15-11-3-6-13(16)9(7-11)8-20-12-4-1-10(2-5-12)14(17,18)19/h3,6-7,10,12,20H,1-2,4-5,8H2. The lowest BCUT2D eigenvalue weighted by Crippen LogP contribution is -2.36. The van der Waals surface area contributed by atoms with E-state index >= 15 is 0 Å². The zero-order valence-electron chi connectivity index (χ0n) is 10.8. The van der Waals surface area contributed by atoms with Gasteiger partial charge in [0.15, 0.2) is 0 Å². The van der Waals surface area contributed by atoms with Gasteiger partial charge in [-0.3, -0.25) is 0 Å². The number of hydrogen-bond donors (Lipinski definition) is 1. The monoisotopic (exact) mass is 369 g/mol. The van der Waals surface area contributed by atoms with E-state index < -0.39 is 12.1 Å². The van der Waals surface area contributed by atoms with E-state index in [-0.39, 0.29) is 18.9 Å². The Morgan fingerprint density at radius 3 is 2.45 bits per heavy atom. The minimum atomic E-state index is -4.04. The highest BCUT2D eigenvalue weighted by molar-refractivity contribution is 9.10. The molecule has 0 unspecified atom stereocenters. The molecule has 6 heteroatoms. The van der Waals surface area contributed by atoms with E-state index in [9.17, 15) is 13.2 Å². The molecular weight excluding hydrogens is 355 g/mol. The molecule has 0 aromatic heterocycles. The molecule has 0 bridgehead atoms. The van der Waals surface area contributed by atoms with Gasteiger partial charge in [0.25, 0.3) is 0 Å². The van der Waals surface area contributed by atoms with Gasteiger partial charge >= 0.3 is 6.18 Å². The Kier molecular flexibility index (Phi) is 5.37. The summed E-state index contributed by atoms with van der Waals surface area (Å²) in [6, 6.07) is 5.74. The van der Waals surface area contributed by atoms with Crippen LogP contribution in [0.15, 0.2) is 22.7 Å². The lowest BCUT2D eigenvalue weighted by molar-refractivity contribution is -0.182. The normalized spacial score (nSPS) is 23.9. The lowest BCUT2D eigenvalue weighted by Gasteiger charge is -2.30. The van der Waals surface area contributed by atoms with Crippen molar-refractivity contribution in [2.24, 2.45) is 5.92 Å². The van der Waals surface area contributed by atoms with E-state index in [1.807, 2.05) is 18.2 Å². The van der Waals surface area contributed by atoms with Crippen molar-refractivity contribution in [3.8, 4) is 0 Å². The third-order valence-electron chi connectivity index (χ3n) is 3.78. The van der Waals surface area contributed by atoms with Crippen molar-refractivity contribution >= 4 is 27.5 Å². The van der Waals surface area contributed by atoms with Gasteiger partial charge in [-0.15, -0.1) is 0 Å². The molecule has 0 saturated heterocycles. The van der Waals surface area contributed by atoms with Crippen LogP contribution in [0.2, 0.25) is 5.02 Å². The average Bonchev–Trinajstić information content (AvgIpc) is 2.39. The Hall–Kier alpha value is -0.260. The van der Waals surface area contributed by atoms with E-state index in [1.165, 1.54) is 0 Å². The summed E-state index contributed by atoms with van der Waals surface area (Å²) < 4.78 is 38.7. The smallest absolute Gasteiger partial charge is 0.310 e. The summed E-state index contributed by atoms with van der Waals surface area (Å²) in [5, 5.41) is 3.98. The molecule has 0 radical (unpaired) electrons. The molecule has 2 rings (SSSR count). The maximum absolute atomic E-state index is 12.6. The van der Waals surface area contributed by atoms with Crippen molar-refractivity contribution in [2.75, 3.05) is 0 Å². The summed E-state index contributed by atoms with van der Waals surface area (Å²) in [4.78, 5) is 0.